The minimum absolute atomic E-state index is 0.0244. The van der Waals surface area contributed by atoms with E-state index in [-0.39, 0.29) is 17.3 Å². The van der Waals surface area contributed by atoms with Gasteiger partial charge in [0, 0.05) is 12.1 Å². The Kier molecular flexibility index (Phi) is 3.18. The standard InChI is InChI=1S/C12H9FN2O3/c1-8-5-6-9(15(16)17)10(7-8)18-12-4-2-3-11(13)14-12/h2-7H,1H3. The van der Waals surface area contributed by atoms with E-state index in [1.807, 2.05) is 0 Å². The number of pyridine rings is 1. The van der Waals surface area contributed by atoms with Crippen molar-refractivity contribution in [1.82, 2.24) is 4.98 Å². The van der Waals surface area contributed by atoms with E-state index in [0.29, 0.717) is 0 Å². The largest absolute Gasteiger partial charge is 0.432 e. The minimum Gasteiger partial charge on any atom is -0.432 e. The molecule has 92 valence electrons. The number of nitrogens with zero attached hydrogens (tertiary/aromatic N) is 2. The maximum absolute atomic E-state index is 12.9. The molecule has 5 nitrogen and oxygen atoms in total. The maximum Gasteiger partial charge on any atom is 0.311 e. The van der Waals surface area contributed by atoms with Gasteiger partial charge in [-0.15, -0.1) is 0 Å². The van der Waals surface area contributed by atoms with E-state index in [1.54, 1.807) is 13.0 Å². The van der Waals surface area contributed by atoms with Crippen molar-refractivity contribution in [3.05, 3.63) is 58.0 Å². The van der Waals surface area contributed by atoms with E-state index in [1.165, 1.54) is 24.3 Å². The highest BCUT2D eigenvalue weighted by Gasteiger charge is 2.16. The van der Waals surface area contributed by atoms with Gasteiger partial charge in [-0.2, -0.15) is 9.37 Å². The number of benzene rings is 1. The Labute approximate surface area is 102 Å². The second kappa shape index (κ2) is 4.79. The van der Waals surface area contributed by atoms with Crippen molar-refractivity contribution in [2.75, 3.05) is 0 Å². The summed E-state index contributed by atoms with van der Waals surface area (Å²) in [7, 11) is 0. The van der Waals surface area contributed by atoms with Gasteiger partial charge in [-0.25, -0.2) is 0 Å². The van der Waals surface area contributed by atoms with Crippen molar-refractivity contribution in [1.29, 1.82) is 0 Å². The number of hydrogen-bond acceptors (Lipinski definition) is 4. The van der Waals surface area contributed by atoms with E-state index in [9.17, 15) is 14.5 Å². The molecule has 1 aromatic carbocycles. The van der Waals surface area contributed by atoms with Crippen LogP contribution in [0.25, 0.3) is 0 Å². The Morgan fingerprint density at radius 1 is 1.33 bits per heavy atom. The fourth-order valence-electron chi connectivity index (χ4n) is 1.41. The maximum atomic E-state index is 12.9. The summed E-state index contributed by atoms with van der Waals surface area (Å²) in [6.45, 7) is 1.77. The number of ether oxygens (including phenoxy) is 1. The van der Waals surface area contributed by atoms with Crippen LogP contribution < -0.4 is 4.74 Å². The van der Waals surface area contributed by atoms with Crippen LogP contribution in [0.1, 0.15) is 5.56 Å². The Hall–Kier alpha value is -2.50. The lowest BCUT2D eigenvalue weighted by molar-refractivity contribution is -0.385. The molecule has 0 amide bonds. The second-order valence-corrected chi connectivity index (χ2v) is 3.63. The average molecular weight is 248 g/mol. The summed E-state index contributed by atoms with van der Waals surface area (Å²) in [6.07, 6.45) is 0. The van der Waals surface area contributed by atoms with E-state index in [2.05, 4.69) is 4.98 Å². The van der Waals surface area contributed by atoms with E-state index < -0.39 is 10.9 Å². The van der Waals surface area contributed by atoms with Gasteiger partial charge in [-0.3, -0.25) is 10.1 Å². The lowest BCUT2D eigenvalue weighted by Crippen LogP contribution is -1.95. The smallest absolute Gasteiger partial charge is 0.311 e. The van der Waals surface area contributed by atoms with Crippen molar-refractivity contribution in [3.63, 3.8) is 0 Å². The molecule has 0 atom stereocenters. The van der Waals surface area contributed by atoms with Crippen LogP contribution in [0.4, 0.5) is 10.1 Å². The summed E-state index contributed by atoms with van der Waals surface area (Å²) in [4.78, 5) is 13.7. The van der Waals surface area contributed by atoms with Crippen molar-refractivity contribution < 1.29 is 14.1 Å². The molecule has 0 spiro atoms. The molecule has 0 unspecified atom stereocenters. The van der Waals surface area contributed by atoms with Crippen LogP contribution in [-0.2, 0) is 0 Å². The first-order valence-electron chi connectivity index (χ1n) is 5.12. The molecule has 2 aromatic rings. The molecule has 0 bridgehead atoms. The first-order valence-corrected chi connectivity index (χ1v) is 5.12. The topological polar surface area (TPSA) is 65.3 Å². The summed E-state index contributed by atoms with van der Waals surface area (Å²) in [6, 6.07) is 8.45. The molecule has 0 aliphatic heterocycles. The highest BCUT2D eigenvalue weighted by atomic mass is 19.1. The Morgan fingerprint density at radius 3 is 2.78 bits per heavy atom. The summed E-state index contributed by atoms with van der Waals surface area (Å²) in [5.41, 5.74) is 0.610. The second-order valence-electron chi connectivity index (χ2n) is 3.63. The molecular formula is C12H9FN2O3. The molecule has 0 aliphatic rings. The molecule has 1 aromatic heterocycles. The van der Waals surface area contributed by atoms with Gasteiger partial charge in [0.15, 0.2) is 0 Å². The summed E-state index contributed by atoms with van der Waals surface area (Å²) in [5, 5.41) is 10.8. The fraction of sp³-hybridized carbons (Fsp3) is 0.0833. The lowest BCUT2D eigenvalue weighted by Gasteiger charge is -2.06. The zero-order valence-electron chi connectivity index (χ0n) is 9.46. The van der Waals surface area contributed by atoms with Crippen LogP contribution in [0.5, 0.6) is 11.6 Å². The van der Waals surface area contributed by atoms with Gasteiger partial charge in [0.25, 0.3) is 0 Å². The van der Waals surface area contributed by atoms with Crippen molar-refractivity contribution >= 4 is 5.69 Å². The number of aryl methyl sites for hydroxylation is 1. The zero-order chi connectivity index (χ0) is 13.1. The van der Waals surface area contributed by atoms with E-state index in [0.717, 1.165) is 11.6 Å². The first kappa shape index (κ1) is 12.0. The third kappa shape index (κ3) is 2.60. The monoisotopic (exact) mass is 248 g/mol. The predicted molar refractivity (Wildman–Crippen MR) is 62.1 cm³/mol. The molecular weight excluding hydrogens is 239 g/mol. The van der Waals surface area contributed by atoms with E-state index in [4.69, 9.17) is 4.74 Å². The van der Waals surface area contributed by atoms with Crippen LogP contribution in [0.15, 0.2) is 36.4 Å². The molecule has 0 N–H and O–H groups in total. The third-order valence-corrected chi connectivity index (χ3v) is 2.22. The quantitative estimate of drug-likeness (QED) is 0.475. The molecule has 0 radical (unpaired) electrons. The summed E-state index contributed by atoms with van der Waals surface area (Å²) in [5.74, 6) is -0.690. The number of hydrogen-bond donors (Lipinski definition) is 0. The molecule has 6 heteroatoms. The molecule has 0 aliphatic carbocycles. The molecule has 0 saturated heterocycles. The molecule has 2 rings (SSSR count). The van der Waals surface area contributed by atoms with Crippen LogP contribution in [0.2, 0.25) is 0 Å². The van der Waals surface area contributed by atoms with Gasteiger partial charge in [-0.05, 0) is 24.6 Å². The van der Waals surface area contributed by atoms with Gasteiger partial charge in [0.1, 0.15) is 0 Å². The van der Waals surface area contributed by atoms with Gasteiger partial charge in [0.05, 0.1) is 4.92 Å². The van der Waals surface area contributed by atoms with Crippen LogP contribution in [0.3, 0.4) is 0 Å². The number of rotatable bonds is 3. The fourth-order valence-corrected chi connectivity index (χ4v) is 1.41. The van der Waals surface area contributed by atoms with Crippen molar-refractivity contribution in [2.24, 2.45) is 0 Å². The lowest BCUT2D eigenvalue weighted by atomic mass is 10.2. The molecule has 0 fully saturated rings. The summed E-state index contributed by atoms with van der Waals surface area (Å²) < 4.78 is 18.1. The van der Waals surface area contributed by atoms with E-state index >= 15 is 0 Å². The van der Waals surface area contributed by atoms with Gasteiger partial charge < -0.3 is 4.74 Å². The van der Waals surface area contributed by atoms with Gasteiger partial charge >= 0.3 is 5.69 Å². The Morgan fingerprint density at radius 2 is 2.11 bits per heavy atom. The van der Waals surface area contributed by atoms with Gasteiger partial charge in [0.2, 0.25) is 17.6 Å². The Bertz CT molecular complexity index is 602. The van der Waals surface area contributed by atoms with Crippen LogP contribution in [0, 0.1) is 23.0 Å². The van der Waals surface area contributed by atoms with Crippen molar-refractivity contribution in [2.45, 2.75) is 6.92 Å². The first-order chi connectivity index (χ1) is 8.56. The third-order valence-electron chi connectivity index (χ3n) is 2.22. The van der Waals surface area contributed by atoms with Crippen molar-refractivity contribution in [3.8, 4) is 11.6 Å². The number of nitro groups is 1. The predicted octanol–water partition coefficient (Wildman–Crippen LogP) is 3.23. The normalized spacial score (nSPS) is 10.1. The number of halogens is 1. The van der Waals surface area contributed by atoms with Crippen LogP contribution in [-0.4, -0.2) is 9.91 Å². The Balaban J connectivity index is 2.39. The zero-order valence-corrected chi connectivity index (χ0v) is 9.46. The van der Waals surface area contributed by atoms with Crippen LogP contribution >= 0.6 is 0 Å². The molecule has 18 heavy (non-hydrogen) atoms. The average Bonchev–Trinajstić information content (AvgIpc) is 2.28. The molecule has 0 saturated carbocycles. The molecule has 1 heterocycles. The summed E-state index contributed by atoms with van der Waals surface area (Å²) >= 11 is 0. The highest BCUT2D eigenvalue weighted by Crippen LogP contribution is 2.31. The van der Waals surface area contributed by atoms with Gasteiger partial charge in [-0.1, -0.05) is 12.1 Å². The number of aromatic nitrogens is 1. The highest BCUT2D eigenvalue weighted by molar-refractivity contribution is 5.49. The minimum atomic E-state index is -0.706. The SMILES string of the molecule is Cc1ccc([N+](=O)[O-])c(Oc2cccc(F)n2)c1. The number of nitro benzene ring substituents is 1.